The van der Waals surface area contributed by atoms with Gasteiger partial charge in [-0.15, -0.1) is 0 Å². The molecule has 1 rings (SSSR count). The third kappa shape index (κ3) is 3.19. The zero-order valence-corrected chi connectivity index (χ0v) is 9.15. The van der Waals surface area contributed by atoms with E-state index in [0.29, 0.717) is 12.1 Å². The number of esters is 1. The molecule has 0 aliphatic heterocycles. The molecule has 5 nitrogen and oxygen atoms in total. The normalized spacial score (nSPS) is 11.1. The van der Waals surface area contributed by atoms with Gasteiger partial charge in [0, 0.05) is 6.42 Å². The molecule has 18 heavy (non-hydrogen) atoms. The highest BCUT2D eigenvalue weighted by Gasteiger charge is 2.38. The molecule has 0 amide bonds. The predicted molar refractivity (Wildman–Crippen MR) is 54.0 cm³/mol. The number of carbonyl (C=O) groups is 1. The number of carbonyl (C=O) groups excluding carboxylic acids is 1. The van der Waals surface area contributed by atoms with Crippen LogP contribution in [0.2, 0.25) is 0 Å². The second-order valence-electron chi connectivity index (χ2n) is 3.26. The molecular weight excluding hydrogens is 255 g/mol. The highest BCUT2D eigenvalue weighted by molar-refractivity contribution is 5.72. The van der Waals surface area contributed by atoms with Gasteiger partial charge in [-0.05, 0) is 12.1 Å². The smallest absolute Gasteiger partial charge is 0.423 e. The van der Waals surface area contributed by atoms with Crippen LogP contribution in [0.1, 0.15) is 18.9 Å². The van der Waals surface area contributed by atoms with Crippen LogP contribution in [0, 0.1) is 10.1 Å². The summed E-state index contributed by atoms with van der Waals surface area (Å²) in [6.45, 7) is 1.49. The van der Waals surface area contributed by atoms with Gasteiger partial charge < -0.3 is 4.74 Å². The molecule has 0 saturated carbocycles. The van der Waals surface area contributed by atoms with Crippen LogP contribution in [0.5, 0.6) is 5.75 Å². The SMILES string of the molecule is CCC(=O)Oc1ccc(C(F)(F)F)c([N+](=O)[O-])c1. The Labute approximate surface area is 99.3 Å². The zero-order valence-electron chi connectivity index (χ0n) is 9.15. The Morgan fingerprint density at radius 2 is 2.06 bits per heavy atom. The van der Waals surface area contributed by atoms with Crippen molar-refractivity contribution >= 4 is 11.7 Å². The maximum atomic E-state index is 12.5. The van der Waals surface area contributed by atoms with E-state index < -0.39 is 28.3 Å². The van der Waals surface area contributed by atoms with Crippen molar-refractivity contribution in [2.45, 2.75) is 19.5 Å². The van der Waals surface area contributed by atoms with E-state index in [4.69, 9.17) is 0 Å². The monoisotopic (exact) mass is 263 g/mol. The lowest BCUT2D eigenvalue weighted by Crippen LogP contribution is -2.10. The van der Waals surface area contributed by atoms with Crippen LogP contribution in [0.4, 0.5) is 18.9 Å². The fourth-order valence-corrected chi connectivity index (χ4v) is 1.17. The molecule has 1 aromatic rings. The van der Waals surface area contributed by atoms with Crippen molar-refractivity contribution in [3.05, 3.63) is 33.9 Å². The van der Waals surface area contributed by atoms with E-state index in [2.05, 4.69) is 4.74 Å². The lowest BCUT2D eigenvalue weighted by Gasteiger charge is -2.08. The summed E-state index contributed by atoms with van der Waals surface area (Å²) in [5, 5.41) is 10.5. The van der Waals surface area contributed by atoms with E-state index in [-0.39, 0.29) is 12.2 Å². The van der Waals surface area contributed by atoms with E-state index in [0.717, 1.165) is 6.07 Å². The molecule has 0 aliphatic carbocycles. The third-order valence-corrected chi connectivity index (χ3v) is 1.99. The van der Waals surface area contributed by atoms with Crippen LogP contribution in [-0.4, -0.2) is 10.9 Å². The van der Waals surface area contributed by atoms with E-state index in [1.165, 1.54) is 6.92 Å². The highest BCUT2D eigenvalue weighted by atomic mass is 19.4. The molecule has 0 N–H and O–H groups in total. The zero-order chi connectivity index (χ0) is 13.9. The molecule has 0 unspecified atom stereocenters. The Hall–Kier alpha value is -2.12. The Balaban J connectivity index is 3.20. The molecular formula is C10H8F3NO4. The first-order chi connectivity index (χ1) is 8.25. The number of hydrogen-bond donors (Lipinski definition) is 0. The summed E-state index contributed by atoms with van der Waals surface area (Å²) in [5.74, 6) is -0.981. The average molecular weight is 263 g/mol. The molecule has 8 heteroatoms. The topological polar surface area (TPSA) is 69.4 Å². The van der Waals surface area contributed by atoms with Crippen LogP contribution in [0.15, 0.2) is 18.2 Å². The predicted octanol–water partition coefficient (Wildman–Crippen LogP) is 2.93. The van der Waals surface area contributed by atoms with E-state index in [1.54, 1.807) is 0 Å². The molecule has 0 radical (unpaired) electrons. The molecule has 0 spiro atoms. The van der Waals surface area contributed by atoms with Crippen LogP contribution in [0.3, 0.4) is 0 Å². The maximum absolute atomic E-state index is 12.5. The van der Waals surface area contributed by atoms with Crippen molar-refractivity contribution < 1.29 is 27.6 Å². The molecule has 1 aromatic carbocycles. The van der Waals surface area contributed by atoms with Crippen molar-refractivity contribution in [1.82, 2.24) is 0 Å². The lowest BCUT2D eigenvalue weighted by molar-refractivity contribution is -0.388. The Bertz CT molecular complexity index is 485. The highest BCUT2D eigenvalue weighted by Crippen LogP contribution is 2.37. The lowest BCUT2D eigenvalue weighted by atomic mass is 10.1. The number of rotatable bonds is 3. The molecule has 0 heterocycles. The number of nitro groups is 1. The van der Waals surface area contributed by atoms with Gasteiger partial charge in [0.05, 0.1) is 11.0 Å². The second-order valence-corrected chi connectivity index (χ2v) is 3.26. The molecule has 0 bridgehead atoms. The summed E-state index contributed by atoms with van der Waals surface area (Å²) in [5.41, 5.74) is -2.53. The van der Waals surface area contributed by atoms with E-state index in [1.807, 2.05) is 0 Å². The van der Waals surface area contributed by atoms with Gasteiger partial charge in [-0.25, -0.2) is 0 Å². The summed E-state index contributed by atoms with van der Waals surface area (Å²) in [7, 11) is 0. The number of halogens is 3. The number of ether oxygens (including phenoxy) is 1. The number of nitro benzene ring substituents is 1. The summed E-state index contributed by atoms with van der Waals surface area (Å²) in [4.78, 5) is 20.3. The van der Waals surface area contributed by atoms with Crippen molar-refractivity contribution in [2.24, 2.45) is 0 Å². The second kappa shape index (κ2) is 5.03. The van der Waals surface area contributed by atoms with E-state index >= 15 is 0 Å². The largest absolute Gasteiger partial charge is 0.426 e. The Morgan fingerprint density at radius 3 is 2.50 bits per heavy atom. The van der Waals surface area contributed by atoms with Crippen LogP contribution >= 0.6 is 0 Å². The Morgan fingerprint density at radius 1 is 1.44 bits per heavy atom. The number of benzene rings is 1. The van der Waals surface area contributed by atoms with Crippen LogP contribution in [-0.2, 0) is 11.0 Å². The molecule has 0 atom stereocenters. The molecule has 0 fully saturated rings. The minimum Gasteiger partial charge on any atom is -0.426 e. The van der Waals surface area contributed by atoms with Crippen molar-refractivity contribution in [2.75, 3.05) is 0 Å². The summed E-state index contributed by atoms with van der Waals surface area (Å²) in [6, 6.07) is 1.95. The Kier molecular flexibility index (Phi) is 3.89. The third-order valence-electron chi connectivity index (χ3n) is 1.99. The van der Waals surface area contributed by atoms with Crippen LogP contribution in [0.25, 0.3) is 0 Å². The van der Waals surface area contributed by atoms with Gasteiger partial charge in [0.25, 0.3) is 5.69 Å². The summed E-state index contributed by atoms with van der Waals surface area (Å²) in [6.07, 6.45) is -4.83. The minimum atomic E-state index is -4.84. The van der Waals surface area contributed by atoms with E-state index in [9.17, 15) is 28.1 Å². The molecule has 0 saturated heterocycles. The van der Waals surface area contributed by atoms with Crippen molar-refractivity contribution in [3.8, 4) is 5.75 Å². The molecule has 0 aliphatic rings. The van der Waals surface area contributed by atoms with Gasteiger partial charge in [-0.2, -0.15) is 13.2 Å². The van der Waals surface area contributed by atoms with Gasteiger partial charge in [0.1, 0.15) is 11.3 Å². The number of hydrogen-bond acceptors (Lipinski definition) is 4. The minimum absolute atomic E-state index is 0.00875. The quantitative estimate of drug-likeness (QED) is 0.364. The van der Waals surface area contributed by atoms with Gasteiger partial charge in [0.15, 0.2) is 0 Å². The fourth-order valence-electron chi connectivity index (χ4n) is 1.17. The van der Waals surface area contributed by atoms with Crippen molar-refractivity contribution in [3.63, 3.8) is 0 Å². The molecule has 98 valence electrons. The number of alkyl halides is 3. The average Bonchev–Trinajstić information content (AvgIpc) is 2.27. The first-order valence-corrected chi connectivity index (χ1v) is 4.82. The van der Waals surface area contributed by atoms with Crippen molar-refractivity contribution in [1.29, 1.82) is 0 Å². The summed E-state index contributed by atoms with van der Waals surface area (Å²) < 4.78 is 42.0. The molecule has 0 aromatic heterocycles. The first-order valence-electron chi connectivity index (χ1n) is 4.82. The fraction of sp³-hybridized carbons (Fsp3) is 0.300. The summed E-state index contributed by atoms with van der Waals surface area (Å²) >= 11 is 0. The van der Waals surface area contributed by atoms with Crippen LogP contribution < -0.4 is 4.74 Å². The standard InChI is InChI=1S/C10H8F3NO4/c1-2-9(15)18-6-3-4-7(10(11,12)13)8(5-6)14(16)17/h3-5H,2H2,1H3. The van der Waals surface area contributed by atoms with Gasteiger partial charge in [0.2, 0.25) is 0 Å². The maximum Gasteiger partial charge on any atom is 0.423 e. The van der Waals surface area contributed by atoms with Gasteiger partial charge in [-0.3, -0.25) is 14.9 Å². The van der Waals surface area contributed by atoms with Gasteiger partial charge in [-0.1, -0.05) is 6.92 Å². The van der Waals surface area contributed by atoms with Gasteiger partial charge >= 0.3 is 12.1 Å². The number of nitrogens with zero attached hydrogens (tertiary/aromatic N) is 1. The first kappa shape index (κ1) is 13.9.